The van der Waals surface area contributed by atoms with Crippen LogP contribution in [-0.2, 0) is 15.6 Å². The summed E-state index contributed by atoms with van der Waals surface area (Å²) in [6.45, 7) is 0. The van der Waals surface area contributed by atoms with E-state index in [9.17, 15) is 9.90 Å². The van der Waals surface area contributed by atoms with Crippen molar-refractivity contribution in [3.8, 4) is 0 Å². The summed E-state index contributed by atoms with van der Waals surface area (Å²) in [5.74, 6) is -0.856. The Labute approximate surface area is 165 Å². The maximum atomic E-state index is 12.6. The van der Waals surface area contributed by atoms with Crippen LogP contribution in [-0.4, -0.2) is 11.1 Å². The fraction of sp³-hybridized carbons (Fsp3) is 0.136. The second-order valence-corrected chi connectivity index (χ2v) is 7.97. The molecule has 1 N–H and O–H groups in total. The number of hydrogen-bond donors (Lipinski definition) is 1. The maximum Gasteiger partial charge on any atom is 0.315 e. The van der Waals surface area contributed by atoms with Gasteiger partial charge < -0.3 is 5.11 Å². The number of benzene rings is 3. The molecule has 1 atom stereocenters. The molecule has 1 aliphatic rings. The topological polar surface area (TPSA) is 37.3 Å². The summed E-state index contributed by atoms with van der Waals surface area (Å²) >= 11 is 9.95. The third-order valence-electron chi connectivity index (χ3n) is 5.42. The minimum Gasteiger partial charge on any atom is -0.481 e. The van der Waals surface area contributed by atoms with Crippen LogP contribution in [0.15, 0.2) is 83.3 Å². The molecule has 1 saturated carbocycles. The number of carboxylic acids is 1. The first-order valence-corrected chi connectivity index (χ1v) is 9.49. The molecular weight excluding hydrogens is 412 g/mol. The highest BCUT2D eigenvalue weighted by atomic mass is 79.9. The Morgan fingerprint density at radius 2 is 1.46 bits per heavy atom. The first-order chi connectivity index (χ1) is 12.5. The molecule has 1 aliphatic carbocycles. The Balaban J connectivity index is 2.02. The molecule has 26 heavy (non-hydrogen) atoms. The van der Waals surface area contributed by atoms with Crippen LogP contribution in [0.1, 0.15) is 23.1 Å². The smallest absolute Gasteiger partial charge is 0.315 e. The summed E-state index contributed by atoms with van der Waals surface area (Å²) in [5.41, 5.74) is 0.880. The molecule has 0 radical (unpaired) electrons. The van der Waals surface area contributed by atoms with Gasteiger partial charge in [-0.3, -0.25) is 4.79 Å². The van der Waals surface area contributed by atoms with Crippen molar-refractivity contribution in [2.45, 2.75) is 17.3 Å². The van der Waals surface area contributed by atoms with Crippen molar-refractivity contribution >= 4 is 33.5 Å². The molecular formula is C22H16BrClO2. The van der Waals surface area contributed by atoms with Crippen molar-refractivity contribution in [1.82, 2.24) is 0 Å². The van der Waals surface area contributed by atoms with Gasteiger partial charge in [-0.25, -0.2) is 0 Å². The van der Waals surface area contributed by atoms with E-state index in [2.05, 4.69) is 15.9 Å². The molecule has 0 heterocycles. The SMILES string of the molecule is O=C(O)[C@@]1(c2cc(Br)ccc2Cl)CC1(c1ccccc1)c1ccccc1. The number of rotatable bonds is 4. The maximum absolute atomic E-state index is 12.6. The lowest BCUT2D eigenvalue weighted by atomic mass is 9.77. The zero-order valence-electron chi connectivity index (χ0n) is 13.8. The molecule has 0 unspecified atom stereocenters. The second-order valence-electron chi connectivity index (χ2n) is 6.65. The summed E-state index contributed by atoms with van der Waals surface area (Å²) in [4.78, 5) is 12.6. The van der Waals surface area contributed by atoms with Crippen molar-refractivity contribution in [2.75, 3.05) is 0 Å². The quantitative estimate of drug-likeness (QED) is 0.570. The lowest BCUT2D eigenvalue weighted by Gasteiger charge is -2.25. The molecule has 130 valence electrons. The van der Waals surface area contributed by atoms with E-state index in [0.29, 0.717) is 17.0 Å². The first kappa shape index (κ1) is 17.3. The zero-order chi connectivity index (χ0) is 18.4. The lowest BCUT2D eigenvalue weighted by molar-refractivity contribution is -0.140. The van der Waals surface area contributed by atoms with Gasteiger partial charge in [0.25, 0.3) is 0 Å². The molecule has 4 rings (SSSR count). The average molecular weight is 428 g/mol. The van der Waals surface area contributed by atoms with Gasteiger partial charge in [0.1, 0.15) is 5.41 Å². The first-order valence-electron chi connectivity index (χ1n) is 8.32. The van der Waals surface area contributed by atoms with Crippen LogP contribution >= 0.6 is 27.5 Å². The Morgan fingerprint density at radius 3 is 1.96 bits per heavy atom. The van der Waals surface area contributed by atoms with Crippen LogP contribution in [0.2, 0.25) is 5.02 Å². The molecule has 0 spiro atoms. The normalized spacial score (nSPS) is 20.5. The highest BCUT2D eigenvalue weighted by Gasteiger charge is 2.75. The van der Waals surface area contributed by atoms with Gasteiger partial charge in [0.15, 0.2) is 0 Å². The van der Waals surface area contributed by atoms with Gasteiger partial charge in [-0.15, -0.1) is 0 Å². The molecule has 3 aromatic rings. The molecule has 0 bridgehead atoms. The monoisotopic (exact) mass is 426 g/mol. The number of carboxylic acid groups (broad SMARTS) is 1. The van der Waals surface area contributed by atoms with Crippen LogP contribution in [0.3, 0.4) is 0 Å². The predicted molar refractivity (Wildman–Crippen MR) is 107 cm³/mol. The second kappa shape index (κ2) is 6.26. The van der Waals surface area contributed by atoms with Crippen LogP contribution in [0.25, 0.3) is 0 Å². The van der Waals surface area contributed by atoms with Gasteiger partial charge in [0.05, 0.1) is 0 Å². The fourth-order valence-electron chi connectivity index (χ4n) is 4.19. The van der Waals surface area contributed by atoms with Crippen LogP contribution in [0.4, 0.5) is 0 Å². The van der Waals surface area contributed by atoms with E-state index in [1.165, 1.54) is 0 Å². The third kappa shape index (κ3) is 2.34. The highest BCUT2D eigenvalue weighted by molar-refractivity contribution is 9.10. The predicted octanol–water partition coefficient (Wildman–Crippen LogP) is 5.81. The van der Waals surface area contributed by atoms with Gasteiger partial charge in [-0.2, -0.15) is 0 Å². The van der Waals surface area contributed by atoms with Gasteiger partial charge in [-0.05, 0) is 41.3 Å². The number of carbonyl (C=O) groups is 1. The van der Waals surface area contributed by atoms with Crippen molar-refractivity contribution in [1.29, 1.82) is 0 Å². The van der Waals surface area contributed by atoms with E-state index < -0.39 is 16.8 Å². The van der Waals surface area contributed by atoms with Crippen LogP contribution in [0, 0.1) is 0 Å². The largest absolute Gasteiger partial charge is 0.481 e. The summed E-state index contributed by atoms with van der Waals surface area (Å²) in [7, 11) is 0. The Morgan fingerprint density at radius 1 is 0.923 bits per heavy atom. The number of aliphatic carboxylic acids is 1. The van der Waals surface area contributed by atoms with Gasteiger partial charge >= 0.3 is 5.97 Å². The standard InChI is InChI=1S/C22H16BrClO2/c23-17-11-12-19(24)18(13-17)22(20(25)26)14-21(22,15-7-3-1-4-8-15)16-9-5-2-6-10-16/h1-13H,14H2,(H,25,26)/t22-/m0/s1. The fourth-order valence-corrected chi connectivity index (χ4v) is 4.83. The minimum atomic E-state index is -1.10. The molecule has 0 amide bonds. The summed E-state index contributed by atoms with van der Waals surface area (Å²) in [5, 5.41) is 10.8. The van der Waals surface area contributed by atoms with Crippen LogP contribution in [0.5, 0.6) is 0 Å². The highest BCUT2D eigenvalue weighted by Crippen LogP contribution is 2.70. The summed E-state index contributed by atoms with van der Waals surface area (Å²) in [6.07, 6.45) is 0.472. The number of halogens is 2. The van der Waals surface area contributed by atoms with Crippen molar-refractivity contribution in [3.63, 3.8) is 0 Å². The molecule has 0 aromatic heterocycles. The molecule has 0 aliphatic heterocycles. The Hall–Kier alpha value is -2.10. The van der Waals surface area contributed by atoms with Crippen molar-refractivity contribution in [2.24, 2.45) is 0 Å². The van der Waals surface area contributed by atoms with E-state index in [0.717, 1.165) is 15.6 Å². The third-order valence-corrected chi connectivity index (χ3v) is 6.24. The number of hydrogen-bond acceptors (Lipinski definition) is 1. The van der Waals surface area contributed by atoms with E-state index >= 15 is 0 Å². The molecule has 0 saturated heterocycles. The Kier molecular flexibility index (Phi) is 4.17. The molecule has 2 nitrogen and oxygen atoms in total. The minimum absolute atomic E-state index is 0.472. The Bertz CT molecular complexity index is 932. The van der Waals surface area contributed by atoms with Crippen LogP contribution < -0.4 is 0 Å². The van der Waals surface area contributed by atoms with Gasteiger partial charge in [0, 0.05) is 14.9 Å². The van der Waals surface area contributed by atoms with E-state index in [1.807, 2.05) is 72.8 Å². The van der Waals surface area contributed by atoms with E-state index in [4.69, 9.17) is 11.6 Å². The van der Waals surface area contributed by atoms with Gasteiger partial charge in [0.2, 0.25) is 0 Å². The molecule has 1 fully saturated rings. The molecule has 4 heteroatoms. The summed E-state index contributed by atoms with van der Waals surface area (Å²) in [6, 6.07) is 25.1. The van der Waals surface area contributed by atoms with Gasteiger partial charge in [-0.1, -0.05) is 88.2 Å². The average Bonchev–Trinajstić information content (AvgIpc) is 3.38. The lowest BCUT2D eigenvalue weighted by Crippen LogP contribution is -2.32. The zero-order valence-corrected chi connectivity index (χ0v) is 16.2. The van der Waals surface area contributed by atoms with E-state index in [-0.39, 0.29) is 0 Å². The van der Waals surface area contributed by atoms with E-state index in [1.54, 1.807) is 6.07 Å². The van der Waals surface area contributed by atoms with Crippen molar-refractivity contribution in [3.05, 3.63) is 105 Å². The summed E-state index contributed by atoms with van der Waals surface area (Å²) < 4.78 is 0.819. The van der Waals surface area contributed by atoms with Crippen molar-refractivity contribution < 1.29 is 9.90 Å². The molecule has 3 aromatic carbocycles.